The van der Waals surface area contributed by atoms with Crippen LogP contribution in [0.4, 0.5) is 19.1 Å². The van der Waals surface area contributed by atoms with E-state index in [4.69, 9.17) is 9.47 Å². The lowest BCUT2D eigenvalue weighted by Gasteiger charge is -2.36. The van der Waals surface area contributed by atoms with Gasteiger partial charge in [0.05, 0.1) is 18.1 Å². The van der Waals surface area contributed by atoms with E-state index in [9.17, 15) is 18.0 Å². The third kappa shape index (κ3) is 4.16. The number of hydrogen-bond donors (Lipinski definition) is 2. The number of rotatable bonds is 5. The molecule has 0 radical (unpaired) electrons. The smallest absolute Gasteiger partial charge is 0.416 e. The zero-order valence-electron chi connectivity index (χ0n) is 15.0. The molecule has 0 atom stereocenters. The Labute approximate surface area is 159 Å². The number of anilines is 1. The fraction of sp³-hybridized carbons (Fsp3) is 0.389. The molecule has 7 nitrogen and oxygen atoms in total. The standard InChI is InChI=1S/C18H19F3N4O3/c1-27-14-5-8-22-16(23-14)25-24-15(26)17(6-9-28-10-7-17)12-3-2-4-13(11-12)18(19,20)21/h2-5,8,11H,6-7,9-10H2,1H3,(H,24,26)(H,22,23,25). The molecular formula is C18H19F3N4O3. The van der Waals surface area contributed by atoms with E-state index in [1.807, 2.05) is 0 Å². The number of methoxy groups -OCH3 is 1. The van der Waals surface area contributed by atoms with E-state index in [1.165, 1.54) is 31.5 Å². The molecule has 1 amide bonds. The van der Waals surface area contributed by atoms with Gasteiger partial charge in [-0.1, -0.05) is 18.2 Å². The predicted molar refractivity (Wildman–Crippen MR) is 93.5 cm³/mol. The number of hydrogen-bond acceptors (Lipinski definition) is 6. The average molecular weight is 396 g/mol. The molecule has 28 heavy (non-hydrogen) atoms. The first-order chi connectivity index (χ1) is 13.3. The second-order valence-corrected chi connectivity index (χ2v) is 6.27. The maximum Gasteiger partial charge on any atom is 0.416 e. The third-order valence-corrected chi connectivity index (χ3v) is 4.65. The Morgan fingerprint density at radius 3 is 2.68 bits per heavy atom. The molecule has 10 heteroatoms. The lowest BCUT2D eigenvalue weighted by molar-refractivity contribution is -0.138. The summed E-state index contributed by atoms with van der Waals surface area (Å²) in [6, 6.07) is 6.38. The van der Waals surface area contributed by atoms with Crippen molar-refractivity contribution in [2.75, 3.05) is 25.7 Å². The molecule has 1 aromatic heterocycles. The fourth-order valence-corrected chi connectivity index (χ4v) is 3.11. The van der Waals surface area contributed by atoms with Crippen molar-refractivity contribution in [1.82, 2.24) is 15.4 Å². The SMILES string of the molecule is COc1ccnc(NNC(=O)C2(c3cccc(C(F)(F)F)c3)CCOCC2)n1. The second kappa shape index (κ2) is 8.01. The van der Waals surface area contributed by atoms with Gasteiger partial charge >= 0.3 is 6.18 Å². The molecule has 0 unspecified atom stereocenters. The van der Waals surface area contributed by atoms with Crippen LogP contribution in [0.2, 0.25) is 0 Å². The summed E-state index contributed by atoms with van der Waals surface area (Å²) in [5, 5.41) is 0. The van der Waals surface area contributed by atoms with Gasteiger partial charge in [0.1, 0.15) is 0 Å². The van der Waals surface area contributed by atoms with Crippen molar-refractivity contribution in [3.8, 4) is 5.88 Å². The summed E-state index contributed by atoms with van der Waals surface area (Å²) in [7, 11) is 1.44. The van der Waals surface area contributed by atoms with Gasteiger partial charge in [0.15, 0.2) is 0 Å². The number of alkyl halides is 3. The Morgan fingerprint density at radius 2 is 2.00 bits per heavy atom. The van der Waals surface area contributed by atoms with Gasteiger partial charge in [0, 0.05) is 25.5 Å². The minimum Gasteiger partial charge on any atom is -0.481 e. The van der Waals surface area contributed by atoms with Crippen molar-refractivity contribution < 1.29 is 27.4 Å². The highest BCUT2D eigenvalue weighted by Crippen LogP contribution is 2.38. The molecule has 0 aliphatic carbocycles. The topological polar surface area (TPSA) is 85.4 Å². The van der Waals surface area contributed by atoms with Crippen molar-refractivity contribution in [1.29, 1.82) is 0 Å². The summed E-state index contributed by atoms with van der Waals surface area (Å²) in [4.78, 5) is 21.0. The molecule has 2 aromatic rings. The fourth-order valence-electron chi connectivity index (χ4n) is 3.11. The van der Waals surface area contributed by atoms with Crippen LogP contribution in [0.3, 0.4) is 0 Å². The number of hydrazine groups is 1. The summed E-state index contributed by atoms with van der Waals surface area (Å²) in [6.45, 7) is 0.526. The van der Waals surface area contributed by atoms with Crippen LogP contribution in [0.1, 0.15) is 24.0 Å². The number of nitrogens with zero attached hydrogens (tertiary/aromatic N) is 2. The van der Waals surface area contributed by atoms with Crippen LogP contribution in [0.5, 0.6) is 5.88 Å². The zero-order chi connectivity index (χ0) is 20.2. The molecule has 1 aliphatic heterocycles. The minimum atomic E-state index is -4.49. The highest BCUT2D eigenvalue weighted by molar-refractivity contribution is 5.89. The molecule has 1 saturated heterocycles. The van der Waals surface area contributed by atoms with Gasteiger partial charge in [-0.3, -0.25) is 15.6 Å². The highest BCUT2D eigenvalue weighted by Gasteiger charge is 2.43. The molecule has 0 saturated carbocycles. The van der Waals surface area contributed by atoms with Crippen LogP contribution in [0.25, 0.3) is 0 Å². The molecule has 1 aliphatic rings. The average Bonchev–Trinajstić information content (AvgIpc) is 2.72. The van der Waals surface area contributed by atoms with Crippen molar-refractivity contribution in [3.63, 3.8) is 0 Å². The third-order valence-electron chi connectivity index (χ3n) is 4.65. The maximum absolute atomic E-state index is 13.1. The van der Waals surface area contributed by atoms with Crippen LogP contribution in [-0.2, 0) is 21.1 Å². The highest BCUT2D eigenvalue weighted by atomic mass is 19.4. The van der Waals surface area contributed by atoms with E-state index in [0.29, 0.717) is 5.88 Å². The molecule has 2 N–H and O–H groups in total. The summed E-state index contributed by atoms with van der Waals surface area (Å²) < 4.78 is 49.7. The molecule has 150 valence electrons. The van der Waals surface area contributed by atoms with Gasteiger partial charge < -0.3 is 9.47 Å². The monoisotopic (exact) mass is 396 g/mol. The van der Waals surface area contributed by atoms with Gasteiger partial charge in [-0.25, -0.2) is 4.98 Å². The van der Waals surface area contributed by atoms with Crippen molar-refractivity contribution >= 4 is 11.9 Å². The van der Waals surface area contributed by atoms with E-state index < -0.39 is 23.1 Å². The van der Waals surface area contributed by atoms with Crippen molar-refractivity contribution in [2.24, 2.45) is 0 Å². The molecule has 0 spiro atoms. The minimum absolute atomic E-state index is 0.0963. The van der Waals surface area contributed by atoms with E-state index in [1.54, 1.807) is 0 Å². The van der Waals surface area contributed by atoms with E-state index >= 15 is 0 Å². The van der Waals surface area contributed by atoms with Gasteiger partial charge in [-0.15, -0.1) is 0 Å². The number of carbonyl (C=O) groups is 1. The van der Waals surface area contributed by atoms with E-state index in [-0.39, 0.29) is 37.6 Å². The van der Waals surface area contributed by atoms with Gasteiger partial charge in [0.2, 0.25) is 17.7 Å². The lowest BCUT2D eigenvalue weighted by Crippen LogP contribution is -2.50. The van der Waals surface area contributed by atoms with Crippen LogP contribution in [0, 0.1) is 0 Å². The molecule has 1 fully saturated rings. The predicted octanol–water partition coefficient (Wildman–Crippen LogP) is 2.70. The Balaban J connectivity index is 1.85. The van der Waals surface area contributed by atoms with Gasteiger partial charge in [-0.2, -0.15) is 18.2 Å². The zero-order valence-corrected chi connectivity index (χ0v) is 15.0. The molecule has 1 aromatic carbocycles. The summed E-state index contributed by atoms with van der Waals surface area (Å²) in [5.74, 6) is -0.0918. The number of aromatic nitrogens is 2. The Kier molecular flexibility index (Phi) is 5.68. The second-order valence-electron chi connectivity index (χ2n) is 6.27. The van der Waals surface area contributed by atoms with Crippen molar-refractivity contribution in [2.45, 2.75) is 24.4 Å². The quantitative estimate of drug-likeness (QED) is 0.756. The first-order valence-electron chi connectivity index (χ1n) is 8.54. The van der Waals surface area contributed by atoms with Crippen LogP contribution >= 0.6 is 0 Å². The van der Waals surface area contributed by atoms with E-state index in [0.717, 1.165) is 12.1 Å². The number of benzene rings is 1. The van der Waals surface area contributed by atoms with Gasteiger partial charge in [0.25, 0.3) is 0 Å². The molecule has 3 rings (SSSR count). The molecule has 2 heterocycles. The molecule has 0 bridgehead atoms. The first kappa shape index (κ1) is 19.9. The van der Waals surface area contributed by atoms with Crippen LogP contribution in [0.15, 0.2) is 36.5 Å². The maximum atomic E-state index is 13.1. The number of carbonyl (C=O) groups excluding carboxylic acids is 1. The Bertz CT molecular complexity index is 839. The normalized spacial score (nSPS) is 16.3. The van der Waals surface area contributed by atoms with E-state index in [2.05, 4.69) is 20.8 Å². The Morgan fingerprint density at radius 1 is 1.25 bits per heavy atom. The summed E-state index contributed by atoms with van der Waals surface area (Å²) >= 11 is 0. The number of halogens is 3. The van der Waals surface area contributed by atoms with Crippen molar-refractivity contribution in [3.05, 3.63) is 47.7 Å². The van der Waals surface area contributed by atoms with Crippen LogP contribution < -0.4 is 15.6 Å². The van der Waals surface area contributed by atoms with Crippen LogP contribution in [-0.4, -0.2) is 36.2 Å². The molecular weight excluding hydrogens is 377 g/mol. The first-order valence-corrected chi connectivity index (χ1v) is 8.54. The van der Waals surface area contributed by atoms with Gasteiger partial charge in [-0.05, 0) is 24.5 Å². The number of ether oxygens (including phenoxy) is 2. The Hall–Kier alpha value is -2.88. The largest absolute Gasteiger partial charge is 0.481 e. The summed E-state index contributed by atoms with van der Waals surface area (Å²) in [6.07, 6.45) is -2.55. The summed E-state index contributed by atoms with van der Waals surface area (Å²) in [5.41, 5.74) is 3.43. The lowest BCUT2D eigenvalue weighted by atomic mass is 9.73. The number of nitrogens with one attached hydrogen (secondary N) is 2. The number of amides is 1.